The lowest BCUT2D eigenvalue weighted by Gasteiger charge is -2.44. The number of para-hydroxylation sites is 1. The molecule has 30 heavy (non-hydrogen) atoms. The number of amides is 1. The maximum Gasteiger partial charge on any atom is 0.251 e. The number of benzene rings is 2. The van der Waals surface area contributed by atoms with Crippen molar-refractivity contribution >= 4 is 28.9 Å². The summed E-state index contributed by atoms with van der Waals surface area (Å²) in [6.07, 6.45) is 2.47. The van der Waals surface area contributed by atoms with Crippen molar-refractivity contribution in [3.05, 3.63) is 66.2 Å². The molecule has 6 nitrogen and oxygen atoms in total. The lowest BCUT2D eigenvalue weighted by molar-refractivity contribution is -0.129. The van der Waals surface area contributed by atoms with Crippen molar-refractivity contribution in [3.8, 4) is 11.5 Å². The highest BCUT2D eigenvalue weighted by molar-refractivity contribution is 7.80. The van der Waals surface area contributed by atoms with Crippen molar-refractivity contribution in [2.75, 3.05) is 18.7 Å². The summed E-state index contributed by atoms with van der Waals surface area (Å²) in [6.45, 7) is 4.46. The number of hydrogen-bond donors (Lipinski definition) is 1. The molecule has 0 aliphatic carbocycles. The Bertz CT molecular complexity index is 1090. The highest BCUT2D eigenvalue weighted by Gasteiger charge is 2.55. The molecule has 2 aromatic carbocycles. The van der Waals surface area contributed by atoms with E-state index in [4.69, 9.17) is 21.7 Å². The largest absolute Gasteiger partial charge is 0.454 e. The minimum atomic E-state index is -0.276. The molecule has 6 rings (SSSR count). The molecule has 3 unspecified atom stereocenters. The van der Waals surface area contributed by atoms with E-state index < -0.39 is 0 Å². The van der Waals surface area contributed by atoms with Crippen LogP contribution in [0.5, 0.6) is 11.5 Å². The van der Waals surface area contributed by atoms with E-state index in [0.29, 0.717) is 11.7 Å². The van der Waals surface area contributed by atoms with Gasteiger partial charge in [-0.25, -0.2) is 0 Å². The Morgan fingerprint density at radius 2 is 2.03 bits per heavy atom. The normalized spacial score (nSPS) is 28.1. The monoisotopic (exact) mass is 419 g/mol. The number of nitrogens with one attached hydrogen (secondary N) is 1. The van der Waals surface area contributed by atoms with Crippen molar-refractivity contribution in [2.45, 2.75) is 30.5 Å². The van der Waals surface area contributed by atoms with Gasteiger partial charge in [-0.1, -0.05) is 30.3 Å². The Labute approximate surface area is 180 Å². The molecule has 4 atom stereocenters. The highest BCUT2D eigenvalue weighted by atomic mass is 32.1. The van der Waals surface area contributed by atoms with E-state index in [1.54, 1.807) is 11.0 Å². The number of carbonyl (C=O) groups is 1. The quantitative estimate of drug-likeness (QED) is 0.608. The Kier molecular flexibility index (Phi) is 3.83. The van der Waals surface area contributed by atoms with Crippen LogP contribution in [-0.4, -0.2) is 46.2 Å². The third-order valence-electron chi connectivity index (χ3n) is 6.62. The summed E-state index contributed by atoms with van der Waals surface area (Å²) in [5, 5.41) is 4.30. The predicted octanol–water partition coefficient (Wildman–Crippen LogP) is 3.42. The number of fused-ring (bicyclic) bond motifs is 5. The second-order valence-electron chi connectivity index (χ2n) is 8.10. The van der Waals surface area contributed by atoms with Crippen LogP contribution in [0.25, 0.3) is 0 Å². The number of piperidine rings is 1. The van der Waals surface area contributed by atoms with Gasteiger partial charge >= 0.3 is 0 Å². The molecule has 1 N–H and O–H groups in total. The van der Waals surface area contributed by atoms with E-state index in [1.165, 1.54) is 5.56 Å². The van der Waals surface area contributed by atoms with Gasteiger partial charge in [-0.15, -0.1) is 6.58 Å². The number of rotatable bonds is 3. The van der Waals surface area contributed by atoms with Gasteiger partial charge in [0.05, 0.1) is 12.1 Å². The maximum absolute atomic E-state index is 13.3. The van der Waals surface area contributed by atoms with E-state index >= 15 is 0 Å². The fourth-order valence-corrected chi connectivity index (χ4v) is 5.77. The molecule has 0 bridgehead atoms. The second-order valence-corrected chi connectivity index (χ2v) is 8.47. The zero-order valence-corrected chi connectivity index (χ0v) is 17.1. The second kappa shape index (κ2) is 6.47. The van der Waals surface area contributed by atoms with Gasteiger partial charge in [0.15, 0.2) is 16.6 Å². The average Bonchev–Trinajstić information content (AvgIpc) is 3.44. The molecule has 152 valence electrons. The van der Waals surface area contributed by atoms with Crippen LogP contribution in [-0.2, 0) is 4.79 Å². The first-order valence-corrected chi connectivity index (χ1v) is 10.6. The summed E-state index contributed by atoms with van der Waals surface area (Å²) in [5.41, 5.74) is 3.48. The first-order valence-electron chi connectivity index (χ1n) is 10.2. The van der Waals surface area contributed by atoms with Crippen molar-refractivity contribution in [1.82, 2.24) is 9.80 Å². The number of ether oxygens (including phenoxy) is 2. The Balaban J connectivity index is 1.48. The molecular weight excluding hydrogens is 398 g/mol. The molecular formula is C23H21N3O3S. The van der Waals surface area contributed by atoms with Crippen LogP contribution >= 0.6 is 12.2 Å². The molecule has 7 heteroatoms. The van der Waals surface area contributed by atoms with Gasteiger partial charge in [0, 0.05) is 18.2 Å². The van der Waals surface area contributed by atoms with Crippen LogP contribution in [0.15, 0.2) is 55.1 Å². The minimum Gasteiger partial charge on any atom is -0.454 e. The summed E-state index contributed by atoms with van der Waals surface area (Å²) in [5.74, 6) is 1.78. The van der Waals surface area contributed by atoms with Gasteiger partial charge in [0.25, 0.3) is 5.91 Å². The molecule has 2 aromatic rings. The lowest BCUT2D eigenvalue weighted by atomic mass is 9.78. The van der Waals surface area contributed by atoms with E-state index in [9.17, 15) is 4.79 Å². The van der Waals surface area contributed by atoms with E-state index in [0.717, 1.165) is 29.2 Å². The highest BCUT2D eigenvalue weighted by Crippen LogP contribution is 2.52. The summed E-state index contributed by atoms with van der Waals surface area (Å²) in [7, 11) is 0. The van der Waals surface area contributed by atoms with Crippen LogP contribution < -0.4 is 14.8 Å². The van der Waals surface area contributed by atoms with Crippen molar-refractivity contribution < 1.29 is 14.3 Å². The van der Waals surface area contributed by atoms with Crippen LogP contribution in [0.2, 0.25) is 0 Å². The van der Waals surface area contributed by atoms with Gasteiger partial charge in [-0.05, 0) is 48.0 Å². The van der Waals surface area contributed by atoms with Crippen molar-refractivity contribution in [3.63, 3.8) is 0 Å². The topological polar surface area (TPSA) is 54.0 Å². The number of hydrogen-bond acceptors (Lipinski definition) is 5. The molecule has 2 fully saturated rings. The molecule has 4 aliphatic heterocycles. The number of nitrogens with zero attached hydrogens (tertiary/aromatic N) is 2. The fraction of sp³-hybridized carbons (Fsp3) is 0.304. The average molecular weight is 420 g/mol. The molecule has 0 spiro atoms. The smallest absolute Gasteiger partial charge is 0.251 e. The molecule has 4 aliphatic rings. The predicted molar refractivity (Wildman–Crippen MR) is 117 cm³/mol. The van der Waals surface area contributed by atoms with E-state index in [2.05, 4.69) is 41.1 Å². The Hall–Kier alpha value is -3.06. The third-order valence-corrected chi connectivity index (χ3v) is 7.05. The first kappa shape index (κ1) is 17.8. The number of anilines is 1. The molecule has 0 aromatic heterocycles. The van der Waals surface area contributed by atoms with Gasteiger partial charge in [-0.2, -0.15) is 0 Å². The molecule has 4 heterocycles. The summed E-state index contributed by atoms with van der Waals surface area (Å²) in [4.78, 5) is 17.1. The summed E-state index contributed by atoms with van der Waals surface area (Å²) < 4.78 is 11.1. The van der Waals surface area contributed by atoms with Gasteiger partial charge in [-0.3, -0.25) is 9.69 Å². The van der Waals surface area contributed by atoms with E-state index in [1.807, 2.05) is 18.2 Å². The van der Waals surface area contributed by atoms with Crippen LogP contribution in [0.4, 0.5) is 5.69 Å². The van der Waals surface area contributed by atoms with Gasteiger partial charge in [0.1, 0.15) is 6.04 Å². The molecule has 1 amide bonds. The molecule has 0 saturated carbocycles. The van der Waals surface area contributed by atoms with Gasteiger partial charge in [0.2, 0.25) is 6.79 Å². The third kappa shape index (κ3) is 2.35. The summed E-state index contributed by atoms with van der Waals surface area (Å²) >= 11 is 5.80. The van der Waals surface area contributed by atoms with E-state index in [-0.39, 0.29) is 36.7 Å². The number of thiocarbonyl (C=S) groups is 1. The van der Waals surface area contributed by atoms with Gasteiger partial charge < -0.3 is 19.7 Å². The Morgan fingerprint density at radius 1 is 1.20 bits per heavy atom. The maximum atomic E-state index is 13.3. The SMILES string of the molecule is C=CCN1C(=O)[C@H]2CC3c4ccccc4NC3C(c3ccc4c(c3)OCO4)N2C1=S. The first-order chi connectivity index (χ1) is 14.7. The standard InChI is InChI=1S/C23H21N3O3S/c1-2-9-25-22(27)17-11-15-14-5-3-4-6-16(14)24-20(15)21(26(17)23(25)30)13-7-8-18-19(10-13)29-12-28-18/h2-8,10,15,17,20-21,24H,1,9,11-12H2/t15?,17-,20?,21?/m1/s1. The Morgan fingerprint density at radius 3 is 2.90 bits per heavy atom. The zero-order chi connectivity index (χ0) is 20.4. The fourth-order valence-electron chi connectivity index (χ4n) is 5.37. The molecule has 0 radical (unpaired) electrons. The van der Waals surface area contributed by atoms with Crippen LogP contribution in [0.3, 0.4) is 0 Å². The molecule has 2 saturated heterocycles. The minimum absolute atomic E-state index is 0.0634. The number of carbonyl (C=O) groups excluding carboxylic acids is 1. The zero-order valence-electron chi connectivity index (χ0n) is 16.3. The lowest BCUT2D eigenvalue weighted by Crippen LogP contribution is -2.51. The summed E-state index contributed by atoms with van der Waals surface area (Å²) in [6, 6.07) is 14.2. The van der Waals surface area contributed by atoms with Crippen LogP contribution in [0.1, 0.15) is 29.5 Å². The van der Waals surface area contributed by atoms with Crippen LogP contribution in [0, 0.1) is 0 Å². The van der Waals surface area contributed by atoms with Crippen molar-refractivity contribution in [2.24, 2.45) is 0 Å². The van der Waals surface area contributed by atoms with Crippen molar-refractivity contribution in [1.29, 1.82) is 0 Å².